The smallest absolute Gasteiger partial charge is 0.0642 e. The van der Waals surface area contributed by atoms with Gasteiger partial charge in [-0.05, 0) is 36.9 Å². The minimum atomic E-state index is 0.608. The molecule has 0 aliphatic carbocycles. The van der Waals surface area contributed by atoms with Gasteiger partial charge in [0.1, 0.15) is 0 Å². The Hall–Kier alpha value is -0.770. The van der Waals surface area contributed by atoms with E-state index in [1.54, 1.807) is 0 Å². The van der Waals surface area contributed by atoms with Gasteiger partial charge in [-0.25, -0.2) is 0 Å². The Morgan fingerprint density at radius 1 is 1.45 bits per heavy atom. The molecule has 0 bridgehead atoms. The zero-order valence-corrected chi connectivity index (χ0v) is 13.2. The summed E-state index contributed by atoms with van der Waals surface area (Å²) < 4.78 is 5.57. The molecule has 1 aliphatic rings. The maximum atomic E-state index is 6.42. The van der Waals surface area contributed by atoms with Gasteiger partial charge < -0.3 is 15.0 Å². The Morgan fingerprint density at radius 3 is 3.00 bits per heavy atom. The van der Waals surface area contributed by atoms with Crippen molar-refractivity contribution in [3.63, 3.8) is 0 Å². The third-order valence-corrected chi connectivity index (χ3v) is 4.11. The highest BCUT2D eigenvalue weighted by Gasteiger charge is 2.18. The van der Waals surface area contributed by atoms with Crippen LogP contribution in [0.2, 0.25) is 5.02 Å². The largest absolute Gasteiger partial charge is 0.381 e. The third-order valence-electron chi connectivity index (χ3n) is 3.80. The first-order valence-electron chi connectivity index (χ1n) is 7.49. The molecule has 1 heterocycles. The van der Waals surface area contributed by atoms with Crippen molar-refractivity contribution in [2.75, 3.05) is 38.3 Å². The highest BCUT2D eigenvalue weighted by molar-refractivity contribution is 6.33. The van der Waals surface area contributed by atoms with Crippen LogP contribution in [-0.4, -0.2) is 33.4 Å². The Balaban J connectivity index is 2.08. The monoisotopic (exact) mass is 296 g/mol. The maximum absolute atomic E-state index is 6.42. The van der Waals surface area contributed by atoms with Crippen molar-refractivity contribution in [3.05, 3.63) is 28.8 Å². The SMILES string of the molecule is CCNCc1cccc(Cl)c1N(C)CC1CCCOC1. The molecule has 1 atom stereocenters. The molecule has 112 valence electrons. The van der Waals surface area contributed by atoms with Gasteiger partial charge in [0.2, 0.25) is 0 Å². The van der Waals surface area contributed by atoms with E-state index in [4.69, 9.17) is 16.3 Å². The molecule has 0 aromatic heterocycles. The van der Waals surface area contributed by atoms with Crippen LogP contribution in [-0.2, 0) is 11.3 Å². The van der Waals surface area contributed by atoms with E-state index in [9.17, 15) is 0 Å². The van der Waals surface area contributed by atoms with E-state index in [0.717, 1.165) is 43.6 Å². The van der Waals surface area contributed by atoms with E-state index in [1.165, 1.54) is 18.4 Å². The Kier molecular flexibility index (Phi) is 6.14. The fraction of sp³-hybridized carbons (Fsp3) is 0.625. The fourth-order valence-electron chi connectivity index (χ4n) is 2.82. The predicted molar refractivity (Wildman–Crippen MR) is 85.6 cm³/mol. The lowest BCUT2D eigenvalue weighted by atomic mass is 10.0. The number of halogens is 1. The van der Waals surface area contributed by atoms with Crippen LogP contribution in [0.15, 0.2) is 18.2 Å². The third kappa shape index (κ3) is 4.11. The van der Waals surface area contributed by atoms with Crippen LogP contribution in [0.1, 0.15) is 25.3 Å². The predicted octanol–water partition coefficient (Wildman–Crippen LogP) is 3.31. The molecule has 4 heteroatoms. The Morgan fingerprint density at radius 2 is 2.30 bits per heavy atom. The van der Waals surface area contributed by atoms with Crippen LogP contribution in [0.4, 0.5) is 5.69 Å². The van der Waals surface area contributed by atoms with Crippen LogP contribution in [0.25, 0.3) is 0 Å². The zero-order chi connectivity index (χ0) is 14.4. The van der Waals surface area contributed by atoms with Gasteiger partial charge in [0, 0.05) is 26.7 Å². The number of anilines is 1. The van der Waals surface area contributed by atoms with Gasteiger partial charge in [-0.15, -0.1) is 0 Å². The van der Waals surface area contributed by atoms with Gasteiger partial charge in [0.05, 0.1) is 17.3 Å². The van der Waals surface area contributed by atoms with Crippen molar-refractivity contribution in [2.45, 2.75) is 26.3 Å². The summed E-state index contributed by atoms with van der Waals surface area (Å²) in [5.74, 6) is 0.608. The van der Waals surface area contributed by atoms with Crippen molar-refractivity contribution < 1.29 is 4.74 Å². The van der Waals surface area contributed by atoms with Crippen molar-refractivity contribution in [3.8, 4) is 0 Å². The molecule has 0 spiro atoms. The summed E-state index contributed by atoms with van der Waals surface area (Å²) in [6, 6.07) is 6.15. The molecule has 1 aliphatic heterocycles. The normalized spacial score (nSPS) is 19.1. The lowest BCUT2D eigenvalue weighted by Gasteiger charge is -2.30. The average Bonchev–Trinajstić information content (AvgIpc) is 2.46. The number of ether oxygens (including phenoxy) is 1. The first-order valence-corrected chi connectivity index (χ1v) is 7.87. The molecule has 0 amide bonds. The van der Waals surface area contributed by atoms with Gasteiger partial charge in [0.15, 0.2) is 0 Å². The molecular formula is C16H25ClN2O. The Bertz CT molecular complexity index is 419. The van der Waals surface area contributed by atoms with E-state index in [2.05, 4.69) is 30.3 Å². The highest BCUT2D eigenvalue weighted by atomic mass is 35.5. The first-order chi connectivity index (χ1) is 9.72. The lowest BCUT2D eigenvalue weighted by molar-refractivity contribution is 0.0576. The fourth-order valence-corrected chi connectivity index (χ4v) is 3.16. The van der Waals surface area contributed by atoms with E-state index in [-0.39, 0.29) is 0 Å². The standard InChI is InChI=1S/C16H25ClN2O/c1-3-18-10-14-7-4-8-15(17)16(14)19(2)11-13-6-5-9-20-12-13/h4,7-8,13,18H,3,5-6,9-12H2,1-2H3. The molecule has 1 saturated heterocycles. The minimum absolute atomic E-state index is 0.608. The number of rotatable bonds is 6. The van der Waals surface area contributed by atoms with Crippen LogP contribution in [0.3, 0.4) is 0 Å². The molecule has 1 aromatic carbocycles. The number of nitrogens with zero attached hydrogens (tertiary/aromatic N) is 1. The minimum Gasteiger partial charge on any atom is -0.381 e. The molecule has 0 saturated carbocycles. The van der Waals surface area contributed by atoms with Crippen molar-refractivity contribution in [1.29, 1.82) is 0 Å². The second-order valence-corrected chi connectivity index (χ2v) is 5.90. The number of benzene rings is 1. The van der Waals surface area contributed by atoms with Crippen LogP contribution in [0, 0.1) is 5.92 Å². The van der Waals surface area contributed by atoms with Gasteiger partial charge in [-0.2, -0.15) is 0 Å². The average molecular weight is 297 g/mol. The van der Waals surface area contributed by atoms with Crippen LogP contribution >= 0.6 is 11.6 Å². The summed E-state index contributed by atoms with van der Waals surface area (Å²) in [5, 5.41) is 4.21. The van der Waals surface area contributed by atoms with E-state index < -0.39 is 0 Å². The first kappa shape index (κ1) is 15.6. The molecule has 0 radical (unpaired) electrons. The van der Waals surface area contributed by atoms with Gasteiger partial charge in [-0.3, -0.25) is 0 Å². The van der Waals surface area contributed by atoms with Crippen molar-refractivity contribution in [1.82, 2.24) is 5.32 Å². The molecule has 1 aromatic rings. The summed E-state index contributed by atoms with van der Waals surface area (Å²) in [7, 11) is 2.13. The summed E-state index contributed by atoms with van der Waals surface area (Å²) in [4.78, 5) is 2.29. The highest BCUT2D eigenvalue weighted by Crippen LogP contribution is 2.30. The molecule has 3 nitrogen and oxygen atoms in total. The molecule has 20 heavy (non-hydrogen) atoms. The topological polar surface area (TPSA) is 24.5 Å². The van der Waals surface area contributed by atoms with Crippen molar-refractivity contribution in [2.24, 2.45) is 5.92 Å². The van der Waals surface area contributed by atoms with Crippen molar-refractivity contribution >= 4 is 17.3 Å². The number of nitrogens with one attached hydrogen (secondary N) is 1. The molecule has 1 unspecified atom stereocenters. The number of para-hydroxylation sites is 1. The lowest BCUT2D eigenvalue weighted by Crippen LogP contribution is -2.32. The van der Waals surface area contributed by atoms with Gasteiger partial charge in [-0.1, -0.05) is 30.7 Å². The summed E-state index contributed by atoms with van der Waals surface area (Å²) in [6.45, 7) is 6.73. The van der Waals surface area contributed by atoms with Gasteiger partial charge >= 0.3 is 0 Å². The quantitative estimate of drug-likeness (QED) is 0.871. The second-order valence-electron chi connectivity index (χ2n) is 5.49. The molecule has 1 N–H and O–H groups in total. The second kappa shape index (κ2) is 7.87. The van der Waals surface area contributed by atoms with E-state index in [1.807, 2.05) is 12.1 Å². The van der Waals surface area contributed by atoms with Crippen LogP contribution < -0.4 is 10.2 Å². The number of hydrogen-bond acceptors (Lipinski definition) is 3. The Labute approximate surface area is 127 Å². The maximum Gasteiger partial charge on any atom is 0.0642 e. The summed E-state index contributed by atoms with van der Waals surface area (Å²) in [6.07, 6.45) is 2.42. The zero-order valence-electron chi connectivity index (χ0n) is 12.5. The molecular weight excluding hydrogens is 272 g/mol. The summed E-state index contributed by atoms with van der Waals surface area (Å²) >= 11 is 6.42. The van der Waals surface area contributed by atoms with E-state index >= 15 is 0 Å². The van der Waals surface area contributed by atoms with Crippen LogP contribution in [0.5, 0.6) is 0 Å². The molecule has 1 fully saturated rings. The molecule has 2 rings (SSSR count). The summed E-state index contributed by atoms with van der Waals surface area (Å²) in [5.41, 5.74) is 2.42. The van der Waals surface area contributed by atoms with E-state index in [0.29, 0.717) is 5.92 Å². The van der Waals surface area contributed by atoms with Gasteiger partial charge in [0.25, 0.3) is 0 Å². The number of hydrogen-bond donors (Lipinski definition) is 1.